The van der Waals surface area contributed by atoms with Crippen LogP contribution in [0.3, 0.4) is 0 Å². The van der Waals surface area contributed by atoms with Gasteiger partial charge in [0.2, 0.25) is 0 Å². The third kappa shape index (κ3) is 4.54. The maximum atomic E-state index is 12.8. The van der Waals surface area contributed by atoms with Crippen LogP contribution >= 0.6 is 11.3 Å². The molecule has 2 aromatic carbocycles. The number of aromatic nitrogens is 1. The maximum Gasteiger partial charge on any atom is 0.251 e. The molecule has 0 unspecified atom stereocenters. The SMILES string of the molecule is CN1CCN(CCNC(=O)c2cccc(N3CC(O)=C(c4nc5ccccc5s4)C3=N)c2)CC1. The molecule has 0 radical (unpaired) electrons. The topological polar surface area (TPSA) is 95.8 Å². The van der Waals surface area contributed by atoms with Crippen LogP contribution < -0.4 is 10.2 Å². The van der Waals surface area contributed by atoms with Crippen LogP contribution in [0.25, 0.3) is 15.8 Å². The number of amides is 1. The van der Waals surface area contributed by atoms with Gasteiger partial charge in [0.15, 0.2) is 0 Å². The Kier molecular flexibility index (Phi) is 6.32. The van der Waals surface area contributed by atoms with Gasteiger partial charge in [0, 0.05) is 50.5 Å². The van der Waals surface area contributed by atoms with Crippen molar-refractivity contribution in [2.24, 2.45) is 0 Å². The smallest absolute Gasteiger partial charge is 0.251 e. The van der Waals surface area contributed by atoms with E-state index in [1.165, 1.54) is 11.3 Å². The molecular weight excluding hydrogens is 448 g/mol. The summed E-state index contributed by atoms with van der Waals surface area (Å²) in [7, 11) is 2.13. The van der Waals surface area contributed by atoms with Crippen molar-refractivity contribution >= 4 is 44.6 Å². The third-order valence-corrected chi connectivity index (χ3v) is 7.39. The van der Waals surface area contributed by atoms with Crippen molar-refractivity contribution in [2.45, 2.75) is 0 Å². The summed E-state index contributed by atoms with van der Waals surface area (Å²) in [5.41, 5.74) is 2.53. The molecular formula is C25H28N6O2S. The molecule has 5 rings (SSSR count). The molecule has 0 atom stereocenters. The molecule has 1 amide bonds. The monoisotopic (exact) mass is 476 g/mol. The van der Waals surface area contributed by atoms with E-state index in [4.69, 9.17) is 5.41 Å². The number of aliphatic hydroxyl groups is 1. The van der Waals surface area contributed by atoms with Crippen LogP contribution in [-0.4, -0.2) is 84.5 Å². The highest BCUT2D eigenvalue weighted by Gasteiger charge is 2.31. The van der Waals surface area contributed by atoms with E-state index in [1.807, 2.05) is 36.4 Å². The first-order valence-corrected chi connectivity index (χ1v) is 12.2. The Bertz CT molecular complexity index is 1230. The second kappa shape index (κ2) is 9.54. The number of hydrogen-bond donors (Lipinski definition) is 3. The maximum absolute atomic E-state index is 12.8. The van der Waals surface area contributed by atoms with E-state index in [2.05, 4.69) is 27.1 Å². The van der Waals surface area contributed by atoms with E-state index in [1.54, 1.807) is 17.0 Å². The Labute approximate surface area is 202 Å². The number of likely N-dealkylation sites (N-methyl/N-ethyl adjacent to an activating group) is 1. The van der Waals surface area contributed by atoms with Gasteiger partial charge in [-0.3, -0.25) is 15.1 Å². The second-order valence-electron chi connectivity index (χ2n) is 8.69. The molecule has 3 aromatic rings. The lowest BCUT2D eigenvalue weighted by molar-refractivity contribution is 0.0941. The summed E-state index contributed by atoms with van der Waals surface area (Å²) in [5, 5.41) is 23.0. The first-order chi connectivity index (χ1) is 16.5. The molecule has 1 aromatic heterocycles. The average Bonchev–Trinajstić information content (AvgIpc) is 3.40. The Morgan fingerprint density at radius 3 is 2.74 bits per heavy atom. The van der Waals surface area contributed by atoms with Gasteiger partial charge < -0.3 is 20.2 Å². The predicted octanol–water partition coefficient (Wildman–Crippen LogP) is 3.04. The van der Waals surface area contributed by atoms with Gasteiger partial charge in [0.05, 0.1) is 22.3 Å². The summed E-state index contributed by atoms with van der Waals surface area (Å²) in [5.74, 6) is 0.167. The van der Waals surface area contributed by atoms with Crippen molar-refractivity contribution in [3.63, 3.8) is 0 Å². The summed E-state index contributed by atoms with van der Waals surface area (Å²) in [4.78, 5) is 23.7. The highest BCUT2D eigenvalue weighted by atomic mass is 32.1. The quantitative estimate of drug-likeness (QED) is 0.506. The summed E-state index contributed by atoms with van der Waals surface area (Å²) in [6.45, 7) is 5.75. The van der Waals surface area contributed by atoms with Crippen molar-refractivity contribution in [1.82, 2.24) is 20.1 Å². The van der Waals surface area contributed by atoms with Gasteiger partial charge in [0.1, 0.15) is 16.6 Å². The van der Waals surface area contributed by atoms with Crippen LogP contribution in [0.1, 0.15) is 15.4 Å². The van der Waals surface area contributed by atoms with Gasteiger partial charge in [-0.25, -0.2) is 4.98 Å². The lowest BCUT2D eigenvalue weighted by Gasteiger charge is -2.32. The van der Waals surface area contributed by atoms with Gasteiger partial charge in [-0.2, -0.15) is 0 Å². The van der Waals surface area contributed by atoms with Crippen LogP contribution in [0.4, 0.5) is 5.69 Å². The highest BCUT2D eigenvalue weighted by Crippen LogP contribution is 2.35. The molecule has 9 heteroatoms. The molecule has 2 aliphatic rings. The number of hydrogen-bond acceptors (Lipinski definition) is 7. The first-order valence-electron chi connectivity index (χ1n) is 11.4. The summed E-state index contributed by atoms with van der Waals surface area (Å²) in [6, 6.07) is 15.0. The van der Waals surface area contributed by atoms with Crippen LogP contribution in [0.5, 0.6) is 0 Å². The van der Waals surface area contributed by atoms with E-state index in [9.17, 15) is 9.90 Å². The molecule has 8 nitrogen and oxygen atoms in total. The summed E-state index contributed by atoms with van der Waals surface area (Å²) >= 11 is 1.46. The van der Waals surface area contributed by atoms with E-state index in [-0.39, 0.29) is 24.0 Å². The van der Waals surface area contributed by atoms with Crippen molar-refractivity contribution in [2.75, 3.05) is 57.8 Å². The molecule has 0 saturated carbocycles. The van der Waals surface area contributed by atoms with Gasteiger partial charge in [-0.1, -0.05) is 18.2 Å². The van der Waals surface area contributed by atoms with Crippen molar-refractivity contribution in [3.8, 4) is 0 Å². The zero-order chi connectivity index (χ0) is 23.7. The lowest BCUT2D eigenvalue weighted by atomic mass is 10.1. The summed E-state index contributed by atoms with van der Waals surface area (Å²) in [6.07, 6.45) is 0. The number of para-hydroxylation sites is 1. The fourth-order valence-electron chi connectivity index (χ4n) is 4.32. The molecule has 0 bridgehead atoms. The number of fused-ring (bicyclic) bond motifs is 1. The Balaban J connectivity index is 1.25. The number of nitrogens with one attached hydrogen (secondary N) is 2. The molecule has 1 fully saturated rings. The fraction of sp³-hybridized carbons (Fsp3) is 0.320. The number of carbonyl (C=O) groups excluding carboxylic acids is 1. The summed E-state index contributed by atoms with van der Waals surface area (Å²) < 4.78 is 1.01. The van der Waals surface area contributed by atoms with Crippen LogP contribution in [0.2, 0.25) is 0 Å². The minimum atomic E-state index is -0.134. The van der Waals surface area contributed by atoms with Crippen molar-refractivity contribution in [3.05, 3.63) is 64.9 Å². The van der Waals surface area contributed by atoms with Crippen LogP contribution in [-0.2, 0) is 0 Å². The second-order valence-corrected chi connectivity index (χ2v) is 9.72. The predicted molar refractivity (Wildman–Crippen MR) is 137 cm³/mol. The molecule has 3 N–H and O–H groups in total. The molecule has 3 heterocycles. The number of carbonyl (C=O) groups is 1. The third-order valence-electron chi connectivity index (χ3n) is 6.34. The van der Waals surface area contributed by atoms with Crippen molar-refractivity contribution in [1.29, 1.82) is 5.41 Å². The molecule has 0 aliphatic carbocycles. The van der Waals surface area contributed by atoms with Crippen molar-refractivity contribution < 1.29 is 9.90 Å². The zero-order valence-corrected chi connectivity index (χ0v) is 19.9. The van der Waals surface area contributed by atoms with Crippen LogP contribution in [0.15, 0.2) is 54.3 Å². The fourth-order valence-corrected chi connectivity index (χ4v) is 5.35. The van der Waals surface area contributed by atoms with Gasteiger partial charge in [-0.15, -0.1) is 11.3 Å². The van der Waals surface area contributed by atoms with E-state index in [0.29, 0.717) is 28.4 Å². The largest absolute Gasteiger partial charge is 0.510 e. The average molecular weight is 477 g/mol. The Morgan fingerprint density at radius 1 is 1.15 bits per heavy atom. The number of nitrogens with zero attached hydrogens (tertiary/aromatic N) is 4. The molecule has 1 saturated heterocycles. The molecule has 0 spiro atoms. The van der Waals surface area contributed by atoms with Gasteiger partial charge in [0.25, 0.3) is 5.91 Å². The van der Waals surface area contributed by atoms with Gasteiger partial charge in [-0.05, 0) is 37.4 Å². The zero-order valence-electron chi connectivity index (χ0n) is 19.1. The number of anilines is 1. The number of aliphatic hydroxyl groups excluding tert-OH is 1. The minimum absolute atomic E-state index is 0.117. The van der Waals surface area contributed by atoms with E-state index >= 15 is 0 Å². The van der Waals surface area contributed by atoms with Crippen LogP contribution in [0, 0.1) is 5.41 Å². The Morgan fingerprint density at radius 2 is 1.94 bits per heavy atom. The molecule has 176 valence electrons. The highest BCUT2D eigenvalue weighted by molar-refractivity contribution is 7.19. The number of amidine groups is 1. The molecule has 2 aliphatic heterocycles. The Hall–Kier alpha value is -3.27. The van der Waals surface area contributed by atoms with E-state index in [0.717, 1.165) is 42.9 Å². The lowest BCUT2D eigenvalue weighted by Crippen LogP contribution is -2.46. The first kappa shape index (κ1) is 22.5. The van der Waals surface area contributed by atoms with E-state index < -0.39 is 0 Å². The van der Waals surface area contributed by atoms with Gasteiger partial charge >= 0.3 is 0 Å². The standard InChI is InChI=1S/C25H28N6O2S/c1-29-11-13-30(14-12-29)10-9-27-24(33)17-5-4-6-18(15-17)31-16-20(32)22(23(31)26)25-28-19-7-2-3-8-21(19)34-25/h2-8,15,26,32H,9-14,16H2,1H3,(H,27,33). The number of thiazole rings is 1. The number of benzene rings is 2. The molecule has 34 heavy (non-hydrogen) atoms. The number of piperazine rings is 1. The minimum Gasteiger partial charge on any atom is -0.510 e. The number of rotatable bonds is 6. The normalized spacial score (nSPS) is 17.7.